The van der Waals surface area contributed by atoms with E-state index in [-0.39, 0.29) is 17.3 Å². The van der Waals surface area contributed by atoms with Crippen molar-refractivity contribution in [3.63, 3.8) is 0 Å². The summed E-state index contributed by atoms with van der Waals surface area (Å²) in [6.45, 7) is 4.35. The van der Waals surface area contributed by atoms with Gasteiger partial charge in [0.1, 0.15) is 0 Å². The minimum atomic E-state index is -0.129. The molecule has 0 bridgehead atoms. The standard InChI is InChI=1S/C16H25N3O2S/c1-2-3-9-21-10-5-8-18-15(20)14-12-22-16(19-14)13-6-4-7-17-11-13/h4,6-7,11,14,16,19H,2-3,5,8-10,12H2,1H3,(H,18,20). The molecule has 1 amide bonds. The second-order valence-corrected chi connectivity index (χ2v) is 6.47. The maximum atomic E-state index is 12.1. The molecule has 22 heavy (non-hydrogen) atoms. The summed E-state index contributed by atoms with van der Waals surface area (Å²) < 4.78 is 5.48. The van der Waals surface area contributed by atoms with E-state index in [1.165, 1.54) is 0 Å². The maximum Gasteiger partial charge on any atom is 0.238 e. The van der Waals surface area contributed by atoms with E-state index >= 15 is 0 Å². The zero-order valence-electron chi connectivity index (χ0n) is 13.1. The zero-order valence-corrected chi connectivity index (χ0v) is 13.9. The molecule has 2 heterocycles. The number of nitrogens with zero attached hydrogens (tertiary/aromatic N) is 1. The second-order valence-electron chi connectivity index (χ2n) is 5.33. The van der Waals surface area contributed by atoms with Crippen LogP contribution in [0.3, 0.4) is 0 Å². The number of ether oxygens (including phenoxy) is 1. The van der Waals surface area contributed by atoms with Crippen LogP contribution in [0.1, 0.15) is 37.1 Å². The molecule has 0 radical (unpaired) electrons. The van der Waals surface area contributed by atoms with Crippen LogP contribution in [0, 0.1) is 0 Å². The van der Waals surface area contributed by atoms with Gasteiger partial charge in [-0.3, -0.25) is 15.1 Å². The van der Waals surface area contributed by atoms with Crippen molar-refractivity contribution >= 4 is 17.7 Å². The van der Waals surface area contributed by atoms with E-state index in [1.54, 1.807) is 18.0 Å². The number of nitrogens with one attached hydrogen (secondary N) is 2. The van der Waals surface area contributed by atoms with E-state index in [0.717, 1.165) is 37.2 Å². The van der Waals surface area contributed by atoms with Crippen LogP contribution in [0.2, 0.25) is 0 Å². The van der Waals surface area contributed by atoms with Crippen LogP contribution in [-0.4, -0.2) is 42.4 Å². The number of carbonyl (C=O) groups is 1. The highest BCUT2D eigenvalue weighted by atomic mass is 32.2. The molecule has 2 atom stereocenters. The third kappa shape index (κ3) is 5.59. The minimum absolute atomic E-state index is 0.0763. The number of thioether (sulfide) groups is 1. The van der Waals surface area contributed by atoms with E-state index in [2.05, 4.69) is 22.5 Å². The number of amides is 1. The van der Waals surface area contributed by atoms with Gasteiger partial charge in [-0.05, 0) is 24.5 Å². The lowest BCUT2D eigenvalue weighted by Crippen LogP contribution is -2.43. The predicted molar refractivity (Wildman–Crippen MR) is 89.7 cm³/mol. The third-order valence-electron chi connectivity index (χ3n) is 3.49. The SMILES string of the molecule is CCCCOCCCNC(=O)C1CSC(c2cccnc2)N1. The van der Waals surface area contributed by atoms with E-state index in [0.29, 0.717) is 13.2 Å². The van der Waals surface area contributed by atoms with E-state index < -0.39 is 0 Å². The Hall–Kier alpha value is -1.11. The monoisotopic (exact) mass is 323 g/mol. The number of rotatable bonds is 9. The summed E-state index contributed by atoms with van der Waals surface area (Å²) in [7, 11) is 0. The molecule has 0 aromatic carbocycles. The summed E-state index contributed by atoms with van der Waals surface area (Å²) in [5, 5.41) is 6.49. The predicted octanol–water partition coefficient (Wildman–Crippen LogP) is 2.11. The molecule has 2 N–H and O–H groups in total. The summed E-state index contributed by atoms with van der Waals surface area (Å²) in [4.78, 5) is 16.2. The molecule has 1 aliphatic rings. The van der Waals surface area contributed by atoms with Crippen molar-refractivity contribution in [1.29, 1.82) is 0 Å². The van der Waals surface area contributed by atoms with Crippen LogP contribution < -0.4 is 10.6 Å². The van der Waals surface area contributed by atoms with E-state index in [9.17, 15) is 4.79 Å². The van der Waals surface area contributed by atoms with Crippen molar-refractivity contribution < 1.29 is 9.53 Å². The van der Waals surface area contributed by atoms with Gasteiger partial charge in [0.15, 0.2) is 0 Å². The van der Waals surface area contributed by atoms with Crippen molar-refractivity contribution in [3.8, 4) is 0 Å². The molecule has 1 fully saturated rings. The van der Waals surface area contributed by atoms with Gasteiger partial charge in [0.2, 0.25) is 5.91 Å². The van der Waals surface area contributed by atoms with Crippen molar-refractivity contribution in [3.05, 3.63) is 30.1 Å². The first-order valence-corrected chi connectivity index (χ1v) is 8.99. The summed E-state index contributed by atoms with van der Waals surface area (Å²) >= 11 is 1.75. The Morgan fingerprint density at radius 1 is 1.50 bits per heavy atom. The topological polar surface area (TPSA) is 63.2 Å². The Labute approximate surface area is 136 Å². The van der Waals surface area contributed by atoms with Crippen LogP contribution in [0.5, 0.6) is 0 Å². The molecule has 0 aliphatic carbocycles. The molecule has 2 rings (SSSR count). The molecular formula is C16H25N3O2S. The Kier molecular flexibility index (Phi) is 7.70. The largest absolute Gasteiger partial charge is 0.381 e. The lowest BCUT2D eigenvalue weighted by molar-refractivity contribution is -0.122. The summed E-state index contributed by atoms with van der Waals surface area (Å²) in [6, 6.07) is 3.82. The average molecular weight is 323 g/mol. The highest BCUT2D eigenvalue weighted by Gasteiger charge is 2.30. The average Bonchev–Trinajstić information content (AvgIpc) is 3.05. The Balaban J connectivity index is 1.61. The summed E-state index contributed by atoms with van der Waals surface area (Å²) in [6.07, 6.45) is 6.72. The highest BCUT2D eigenvalue weighted by molar-refractivity contribution is 7.99. The number of aromatic nitrogens is 1. The molecule has 2 unspecified atom stereocenters. The molecule has 122 valence electrons. The maximum absolute atomic E-state index is 12.1. The molecule has 5 nitrogen and oxygen atoms in total. The first kappa shape index (κ1) is 17.2. The Morgan fingerprint density at radius 2 is 2.36 bits per heavy atom. The Bertz CT molecular complexity index is 444. The van der Waals surface area contributed by atoms with Gasteiger partial charge in [-0.15, -0.1) is 11.8 Å². The van der Waals surface area contributed by atoms with Crippen molar-refractivity contribution in [2.75, 3.05) is 25.5 Å². The van der Waals surface area contributed by atoms with Crippen LogP contribution in [0.4, 0.5) is 0 Å². The number of hydrogen-bond donors (Lipinski definition) is 2. The highest BCUT2D eigenvalue weighted by Crippen LogP contribution is 2.32. The molecule has 1 aromatic rings. The molecule has 1 aromatic heterocycles. The van der Waals surface area contributed by atoms with Crippen LogP contribution in [0.15, 0.2) is 24.5 Å². The fraction of sp³-hybridized carbons (Fsp3) is 0.625. The molecule has 1 saturated heterocycles. The molecule has 1 aliphatic heterocycles. The van der Waals surface area contributed by atoms with Gasteiger partial charge in [0.25, 0.3) is 0 Å². The molecule has 0 saturated carbocycles. The van der Waals surface area contributed by atoms with Gasteiger partial charge in [-0.2, -0.15) is 0 Å². The fourth-order valence-corrected chi connectivity index (χ4v) is 3.43. The van der Waals surface area contributed by atoms with Gasteiger partial charge in [-0.1, -0.05) is 19.4 Å². The second kappa shape index (κ2) is 9.82. The first-order chi connectivity index (χ1) is 10.8. The zero-order chi connectivity index (χ0) is 15.6. The van der Waals surface area contributed by atoms with Gasteiger partial charge >= 0.3 is 0 Å². The number of pyridine rings is 1. The van der Waals surface area contributed by atoms with Crippen molar-refractivity contribution in [1.82, 2.24) is 15.6 Å². The molecular weight excluding hydrogens is 298 g/mol. The summed E-state index contributed by atoms with van der Waals surface area (Å²) in [5.74, 6) is 0.866. The van der Waals surface area contributed by atoms with Gasteiger partial charge in [0.05, 0.1) is 11.4 Å². The number of carbonyl (C=O) groups excluding carboxylic acids is 1. The van der Waals surface area contributed by atoms with Crippen LogP contribution in [-0.2, 0) is 9.53 Å². The van der Waals surface area contributed by atoms with E-state index in [1.807, 2.05) is 18.3 Å². The summed E-state index contributed by atoms with van der Waals surface area (Å²) in [5.41, 5.74) is 1.12. The third-order valence-corrected chi connectivity index (χ3v) is 4.76. The lowest BCUT2D eigenvalue weighted by Gasteiger charge is -2.13. The Morgan fingerprint density at radius 3 is 3.14 bits per heavy atom. The number of hydrogen-bond acceptors (Lipinski definition) is 5. The van der Waals surface area contributed by atoms with Gasteiger partial charge < -0.3 is 10.1 Å². The van der Waals surface area contributed by atoms with Gasteiger partial charge in [0, 0.05) is 37.9 Å². The van der Waals surface area contributed by atoms with Crippen LogP contribution in [0.25, 0.3) is 0 Å². The van der Waals surface area contributed by atoms with Crippen LogP contribution >= 0.6 is 11.8 Å². The van der Waals surface area contributed by atoms with Crippen molar-refractivity contribution in [2.45, 2.75) is 37.6 Å². The fourth-order valence-electron chi connectivity index (χ4n) is 2.20. The smallest absolute Gasteiger partial charge is 0.238 e. The lowest BCUT2D eigenvalue weighted by atomic mass is 10.2. The van der Waals surface area contributed by atoms with Gasteiger partial charge in [-0.25, -0.2) is 0 Å². The minimum Gasteiger partial charge on any atom is -0.381 e. The normalized spacial score (nSPS) is 21.0. The quantitative estimate of drug-likeness (QED) is 0.682. The molecule has 6 heteroatoms. The molecule has 0 spiro atoms. The first-order valence-electron chi connectivity index (χ1n) is 7.94. The van der Waals surface area contributed by atoms with Crippen molar-refractivity contribution in [2.24, 2.45) is 0 Å². The van der Waals surface area contributed by atoms with E-state index in [4.69, 9.17) is 4.74 Å². The number of unbranched alkanes of at least 4 members (excludes halogenated alkanes) is 1.